The molecular formula is C25H40N4O10S. The Morgan fingerprint density at radius 1 is 0.875 bits per heavy atom. The molecule has 0 aliphatic carbocycles. The van der Waals surface area contributed by atoms with Crippen LogP contribution in [-0.4, -0.2) is 112 Å². The summed E-state index contributed by atoms with van der Waals surface area (Å²) in [7, 11) is -4.88. The summed E-state index contributed by atoms with van der Waals surface area (Å²) in [4.78, 5) is 56.8. The van der Waals surface area contributed by atoms with Crippen molar-refractivity contribution in [1.82, 2.24) is 19.8 Å². The van der Waals surface area contributed by atoms with Crippen LogP contribution in [0.5, 0.6) is 0 Å². The number of rotatable bonds is 5. The van der Waals surface area contributed by atoms with Gasteiger partial charge in [0.2, 0.25) is 0 Å². The first-order chi connectivity index (χ1) is 18.3. The number of piperazine rings is 1. The first-order valence-corrected chi connectivity index (χ1v) is 15.0. The molecule has 4 saturated heterocycles. The lowest BCUT2D eigenvalue weighted by Crippen LogP contribution is -2.65. The second-order valence-corrected chi connectivity index (χ2v) is 14.1. The molecule has 14 nitrogen and oxygen atoms in total. The fraction of sp³-hybridized carbons (Fsp3) is 0.840. The molecule has 4 heterocycles. The second kappa shape index (κ2) is 10.6. The number of carbonyl (C=O) groups excluding carboxylic acids is 4. The molecule has 226 valence electrons. The third-order valence-electron chi connectivity index (χ3n) is 7.47. The van der Waals surface area contributed by atoms with Crippen LogP contribution in [0.4, 0.5) is 14.4 Å². The van der Waals surface area contributed by atoms with Crippen molar-refractivity contribution in [1.29, 1.82) is 0 Å². The van der Waals surface area contributed by atoms with E-state index in [1.54, 1.807) is 51.3 Å². The number of amides is 4. The molecule has 4 bridgehead atoms. The Kier molecular flexibility index (Phi) is 8.06. The van der Waals surface area contributed by atoms with Crippen molar-refractivity contribution in [3.8, 4) is 0 Å². The number of fused-ring (bicyclic) bond motifs is 4. The summed E-state index contributed by atoms with van der Waals surface area (Å²) in [5.74, 6) is -0.249. The average Bonchev–Trinajstić information content (AvgIpc) is 2.99. The minimum absolute atomic E-state index is 0.0948. The SMILES string of the molecule is CC(C)(C)OC(=O)N1CC2CC(CC(=O)[C@@H]3CC[C@@H]4CN3C(=O)N4OS(=O)(=O)O)CC(C1)N2C(=O)OC(C)(C)C. The number of urea groups is 1. The van der Waals surface area contributed by atoms with Crippen LogP contribution in [0, 0.1) is 5.92 Å². The van der Waals surface area contributed by atoms with Crippen LogP contribution in [0.15, 0.2) is 0 Å². The van der Waals surface area contributed by atoms with Crippen LogP contribution < -0.4 is 0 Å². The number of ketones is 1. The van der Waals surface area contributed by atoms with Crippen molar-refractivity contribution in [2.75, 3.05) is 19.6 Å². The van der Waals surface area contributed by atoms with E-state index in [2.05, 4.69) is 4.28 Å². The first-order valence-electron chi connectivity index (χ1n) is 13.6. The Bertz CT molecular complexity index is 1130. The molecule has 4 aliphatic rings. The maximum absolute atomic E-state index is 13.4. The molecule has 0 aromatic heterocycles. The standard InChI is InChI=1S/C25H40N4O10S/c1-24(2,3)37-22(32)26-12-17-9-15(10-18(13-26)28(17)23(33)38-25(4,5)6)11-20(30)19-8-7-16-14-27(19)21(31)29(16)39-40(34,35)36/h15-19H,7-14H2,1-6H3,(H,34,35,36)/t15?,16-,17?,18?,19+/m1/s1. The Balaban J connectivity index is 1.45. The van der Waals surface area contributed by atoms with Crippen LogP contribution in [0.3, 0.4) is 0 Å². The van der Waals surface area contributed by atoms with Crippen molar-refractivity contribution < 1.29 is 45.9 Å². The van der Waals surface area contributed by atoms with Gasteiger partial charge in [0.15, 0.2) is 5.78 Å². The fourth-order valence-electron chi connectivity index (χ4n) is 6.14. The first kappa shape index (κ1) is 30.3. The quantitative estimate of drug-likeness (QED) is 0.472. The molecule has 15 heteroatoms. The minimum atomic E-state index is -4.88. The van der Waals surface area contributed by atoms with Crippen LogP contribution in [-0.2, 0) is 29.0 Å². The summed E-state index contributed by atoms with van der Waals surface area (Å²) in [6, 6.07) is -2.84. The van der Waals surface area contributed by atoms with Gasteiger partial charge in [0.25, 0.3) is 0 Å². The topological polar surface area (TPSA) is 163 Å². The highest BCUT2D eigenvalue weighted by molar-refractivity contribution is 7.80. The smallest absolute Gasteiger partial charge is 0.418 e. The molecule has 4 fully saturated rings. The Hall–Kier alpha value is -2.65. The lowest BCUT2D eigenvalue weighted by Gasteiger charge is -2.51. The van der Waals surface area contributed by atoms with Crippen molar-refractivity contribution in [3.05, 3.63) is 0 Å². The summed E-state index contributed by atoms with van der Waals surface area (Å²) < 4.78 is 47.0. The number of hydroxylamine groups is 2. The molecular weight excluding hydrogens is 548 g/mol. The van der Waals surface area contributed by atoms with E-state index < -0.39 is 51.9 Å². The van der Waals surface area contributed by atoms with Crippen LogP contribution in [0.2, 0.25) is 0 Å². The zero-order valence-corrected chi connectivity index (χ0v) is 24.7. The summed E-state index contributed by atoms with van der Waals surface area (Å²) >= 11 is 0. The number of Topliss-reactive ketones (excluding diaryl/α,β-unsaturated/α-hetero) is 1. The summed E-state index contributed by atoms with van der Waals surface area (Å²) in [6.07, 6.45) is 0.861. The van der Waals surface area contributed by atoms with Crippen LogP contribution >= 0.6 is 0 Å². The average molecular weight is 589 g/mol. The van der Waals surface area contributed by atoms with Gasteiger partial charge in [-0.05, 0) is 73.1 Å². The Labute approximate surface area is 234 Å². The molecule has 4 rings (SSSR count). The number of ether oxygens (including phenoxy) is 2. The molecule has 4 atom stereocenters. The second-order valence-electron chi connectivity index (χ2n) is 13.1. The van der Waals surface area contributed by atoms with Gasteiger partial charge in [-0.3, -0.25) is 14.2 Å². The van der Waals surface area contributed by atoms with Crippen LogP contribution in [0.1, 0.15) is 73.6 Å². The van der Waals surface area contributed by atoms with Crippen LogP contribution in [0.25, 0.3) is 0 Å². The fourth-order valence-corrected chi connectivity index (χ4v) is 6.53. The molecule has 4 amide bonds. The van der Waals surface area contributed by atoms with Gasteiger partial charge in [-0.15, -0.1) is 4.28 Å². The molecule has 0 radical (unpaired) electrons. The lowest BCUT2D eigenvalue weighted by atomic mass is 9.79. The van der Waals surface area contributed by atoms with E-state index in [0.717, 1.165) is 0 Å². The number of likely N-dealkylation sites (tertiary alicyclic amines) is 1. The van der Waals surface area contributed by atoms with Gasteiger partial charge in [-0.2, -0.15) is 13.5 Å². The van der Waals surface area contributed by atoms with Gasteiger partial charge in [-0.1, -0.05) is 0 Å². The molecule has 0 spiro atoms. The zero-order chi connectivity index (χ0) is 29.8. The number of piperidine rings is 2. The van der Waals surface area contributed by atoms with E-state index in [0.29, 0.717) is 30.7 Å². The van der Waals surface area contributed by atoms with Gasteiger partial charge in [0, 0.05) is 26.1 Å². The van der Waals surface area contributed by atoms with E-state index in [4.69, 9.17) is 14.0 Å². The highest BCUT2D eigenvalue weighted by Gasteiger charge is 2.51. The predicted molar refractivity (Wildman–Crippen MR) is 139 cm³/mol. The molecule has 0 aromatic carbocycles. The minimum Gasteiger partial charge on any atom is -0.444 e. The molecule has 1 N–H and O–H groups in total. The number of hydrogen-bond acceptors (Lipinski definition) is 9. The van der Waals surface area contributed by atoms with Gasteiger partial charge in [0.1, 0.15) is 11.2 Å². The van der Waals surface area contributed by atoms with Crippen molar-refractivity contribution in [2.45, 2.75) is 109 Å². The maximum Gasteiger partial charge on any atom is 0.418 e. The van der Waals surface area contributed by atoms with E-state index in [1.807, 2.05) is 0 Å². The third-order valence-corrected chi connectivity index (χ3v) is 7.82. The molecule has 2 unspecified atom stereocenters. The molecule has 4 aliphatic heterocycles. The summed E-state index contributed by atoms with van der Waals surface area (Å²) in [5.41, 5.74) is -1.37. The molecule has 0 saturated carbocycles. The normalized spacial score (nSPS) is 29.0. The van der Waals surface area contributed by atoms with Gasteiger partial charge in [0.05, 0.1) is 24.2 Å². The number of nitrogens with zero attached hydrogens (tertiary/aromatic N) is 4. The van der Waals surface area contributed by atoms with E-state index >= 15 is 0 Å². The summed E-state index contributed by atoms with van der Waals surface area (Å²) in [6.45, 7) is 11.3. The van der Waals surface area contributed by atoms with Crippen molar-refractivity contribution in [2.24, 2.45) is 5.92 Å². The monoisotopic (exact) mass is 588 g/mol. The zero-order valence-electron chi connectivity index (χ0n) is 23.9. The van der Waals surface area contributed by atoms with E-state index in [9.17, 15) is 27.6 Å². The maximum atomic E-state index is 13.4. The highest BCUT2D eigenvalue weighted by Crippen LogP contribution is 2.38. The summed E-state index contributed by atoms with van der Waals surface area (Å²) in [5, 5.41) is 0.623. The predicted octanol–water partition coefficient (Wildman–Crippen LogP) is 2.58. The van der Waals surface area contributed by atoms with Crippen molar-refractivity contribution in [3.63, 3.8) is 0 Å². The number of hydrogen-bond donors (Lipinski definition) is 1. The third kappa shape index (κ3) is 6.97. The van der Waals surface area contributed by atoms with Gasteiger partial charge < -0.3 is 19.3 Å². The molecule has 40 heavy (non-hydrogen) atoms. The van der Waals surface area contributed by atoms with E-state index in [1.165, 1.54) is 4.90 Å². The van der Waals surface area contributed by atoms with Gasteiger partial charge >= 0.3 is 28.6 Å². The van der Waals surface area contributed by atoms with Crippen molar-refractivity contribution >= 4 is 34.4 Å². The lowest BCUT2D eigenvalue weighted by molar-refractivity contribution is -0.126. The largest absolute Gasteiger partial charge is 0.444 e. The number of carbonyl (C=O) groups is 4. The highest BCUT2D eigenvalue weighted by atomic mass is 32.3. The molecule has 0 aromatic rings. The van der Waals surface area contributed by atoms with E-state index in [-0.39, 0.29) is 49.8 Å². The Morgan fingerprint density at radius 2 is 1.43 bits per heavy atom. The Morgan fingerprint density at radius 3 is 1.95 bits per heavy atom. The van der Waals surface area contributed by atoms with Gasteiger partial charge in [-0.25, -0.2) is 14.4 Å².